The fourth-order valence-corrected chi connectivity index (χ4v) is 3.79. The Bertz CT molecular complexity index is 561. The van der Waals surface area contributed by atoms with Crippen molar-refractivity contribution in [3.8, 4) is 0 Å². The van der Waals surface area contributed by atoms with Crippen molar-refractivity contribution < 1.29 is 24.6 Å². The zero-order valence-electron chi connectivity index (χ0n) is 17.9. The minimum absolute atomic E-state index is 0.172. The van der Waals surface area contributed by atoms with Crippen molar-refractivity contribution in [3.05, 3.63) is 12.2 Å². The zero-order valence-corrected chi connectivity index (χ0v) is 17.9. The maximum absolute atomic E-state index is 12.8. The van der Waals surface area contributed by atoms with E-state index in [9.17, 15) is 19.9 Å². The molecule has 1 radical (unpaired) electrons. The Hall–Kier alpha value is -1.40. The zero-order chi connectivity index (χ0) is 21.2. The predicted molar refractivity (Wildman–Crippen MR) is 103 cm³/mol. The summed E-state index contributed by atoms with van der Waals surface area (Å²) >= 11 is 0. The van der Waals surface area contributed by atoms with Crippen molar-refractivity contribution in [1.29, 1.82) is 0 Å². The van der Waals surface area contributed by atoms with Gasteiger partial charge in [0, 0.05) is 23.9 Å². The van der Waals surface area contributed by atoms with Crippen molar-refractivity contribution >= 4 is 11.9 Å². The molecular weight excluding hydrogens is 346 g/mol. The molecule has 1 unspecified atom stereocenters. The number of piperidine rings is 1. The molecule has 1 rings (SSSR count). The van der Waals surface area contributed by atoms with Crippen molar-refractivity contribution in [1.82, 2.24) is 5.06 Å². The molecule has 0 bridgehead atoms. The van der Waals surface area contributed by atoms with Gasteiger partial charge in [0.15, 0.2) is 0 Å². The number of carbonyl (C=O) groups is 2. The Labute approximate surface area is 163 Å². The fraction of sp³-hybridized carbons (Fsp3) is 0.810. The molecule has 0 aromatic carbocycles. The molecule has 0 aromatic heterocycles. The van der Waals surface area contributed by atoms with Crippen LogP contribution in [0.1, 0.15) is 80.6 Å². The van der Waals surface area contributed by atoms with Gasteiger partial charge in [-0.15, -0.1) is 10.3 Å². The Morgan fingerprint density at radius 1 is 1.19 bits per heavy atom. The van der Waals surface area contributed by atoms with Gasteiger partial charge in [0.1, 0.15) is 6.10 Å². The largest absolute Gasteiger partial charge is 0.481 e. The Morgan fingerprint density at radius 2 is 1.67 bits per heavy atom. The predicted octanol–water partition coefficient (Wildman–Crippen LogP) is 4.37. The van der Waals surface area contributed by atoms with Crippen molar-refractivity contribution in [2.45, 2.75) is 97.8 Å². The highest BCUT2D eigenvalue weighted by atomic mass is 16.5. The monoisotopic (exact) mass is 382 g/mol. The number of esters is 1. The van der Waals surface area contributed by atoms with E-state index in [1.54, 1.807) is 0 Å². The normalized spacial score (nSPS) is 21.5. The van der Waals surface area contributed by atoms with E-state index in [1.807, 2.05) is 48.5 Å². The minimum atomic E-state index is -1.03. The number of rotatable bonds is 8. The number of ether oxygens (including phenoxy) is 1. The van der Waals surface area contributed by atoms with Crippen LogP contribution in [0.4, 0.5) is 0 Å². The number of nitrogens with zero attached hydrogens (tertiary/aromatic N) is 1. The van der Waals surface area contributed by atoms with Crippen molar-refractivity contribution in [3.63, 3.8) is 0 Å². The Kier molecular flexibility index (Phi) is 7.28. The molecule has 1 fully saturated rings. The van der Waals surface area contributed by atoms with Gasteiger partial charge < -0.3 is 9.84 Å². The topological polar surface area (TPSA) is 86.7 Å². The van der Waals surface area contributed by atoms with Gasteiger partial charge in [-0.2, -0.15) is 0 Å². The second kappa shape index (κ2) is 8.31. The molecule has 1 aliphatic heterocycles. The van der Waals surface area contributed by atoms with E-state index in [1.165, 1.54) is 0 Å². The number of hydrogen-bond donors (Lipinski definition) is 1. The first-order chi connectivity index (χ1) is 12.1. The molecule has 1 N–H and O–H groups in total. The molecule has 1 aliphatic rings. The van der Waals surface area contributed by atoms with E-state index >= 15 is 0 Å². The highest BCUT2D eigenvalue weighted by Gasteiger charge is 2.47. The first-order valence-electron chi connectivity index (χ1n) is 9.70. The average molecular weight is 383 g/mol. The van der Waals surface area contributed by atoms with Gasteiger partial charge in [-0.25, -0.2) is 0 Å². The summed E-state index contributed by atoms with van der Waals surface area (Å²) in [6, 6.07) is 0. The maximum Gasteiger partial charge on any atom is 0.310 e. The van der Waals surface area contributed by atoms with Crippen LogP contribution in [0.2, 0.25) is 0 Å². The molecule has 6 nitrogen and oxygen atoms in total. The summed E-state index contributed by atoms with van der Waals surface area (Å²) in [5, 5.41) is 22.8. The van der Waals surface area contributed by atoms with Gasteiger partial charge in [-0.3, -0.25) is 9.59 Å². The summed E-state index contributed by atoms with van der Waals surface area (Å²) in [4.78, 5) is 24.1. The van der Waals surface area contributed by atoms with Crippen molar-refractivity contribution in [2.75, 3.05) is 0 Å². The van der Waals surface area contributed by atoms with E-state index in [-0.39, 0.29) is 11.8 Å². The van der Waals surface area contributed by atoms with Crippen LogP contribution in [-0.2, 0) is 19.5 Å². The van der Waals surface area contributed by atoms with Crippen LogP contribution in [0.25, 0.3) is 0 Å². The number of hydrogen-bond acceptors (Lipinski definition) is 4. The third-order valence-corrected chi connectivity index (χ3v) is 5.92. The van der Waals surface area contributed by atoms with Crippen LogP contribution in [0.15, 0.2) is 12.2 Å². The molecule has 1 heterocycles. The van der Waals surface area contributed by atoms with Crippen LogP contribution < -0.4 is 0 Å². The lowest BCUT2D eigenvalue weighted by molar-refractivity contribution is -0.299. The van der Waals surface area contributed by atoms with Gasteiger partial charge in [0.25, 0.3) is 0 Å². The average Bonchev–Trinajstić information content (AvgIpc) is 2.50. The Balaban J connectivity index is 2.91. The lowest BCUT2D eigenvalue weighted by Gasteiger charge is -2.49. The number of carbonyl (C=O) groups excluding carboxylic acids is 1. The number of carboxylic acid groups (broad SMARTS) is 1. The Morgan fingerprint density at radius 3 is 2.07 bits per heavy atom. The molecule has 27 heavy (non-hydrogen) atoms. The molecule has 0 saturated carbocycles. The molecule has 6 heteroatoms. The first kappa shape index (κ1) is 23.6. The number of hydroxylamine groups is 2. The van der Waals surface area contributed by atoms with E-state index in [0.717, 1.165) is 17.1 Å². The molecule has 0 aromatic rings. The third-order valence-electron chi connectivity index (χ3n) is 5.92. The van der Waals surface area contributed by atoms with Crippen LogP contribution in [0.5, 0.6) is 0 Å². The van der Waals surface area contributed by atoms with E-state index in [0.29, 0.717) is 19.3 Å². The van der Waals surface area contributed by atoms with E-state index < -0.39 is 35.0 Å². The summed E-state index contributed by atoms with van der Waals surface area (Å²) in [5.41, 5.74) is -0.622. The van der Waals surface area contributed by atoms with E-state index in [2.05, 4.69) is 6.58 Å². The summed E-state index contributed by atoms with van der Waals surface area (Å²) in [6.45, 7) is 17.5. The molecule has 1 atom stereocenters. The standard InChI is InChI=1S/C21H36NO5/c1-9-19(3,4)14(2)10-15(11-17(23)24)18(25)27-16-12-20(5,6)22(26)21(7,8)13-16/h15-16H,2,9-13H2,1,3-8H3,(H,23,24). The number of allylic oxidation sites excluding steroid dienone is 1. The second-order valence-electron chi connectivity index (χ2n) is 9.73. The molecule has 1 saturated heterocycles. The van der Waals surface area contributed by atoms with Crippen LogP contribution in [0, 0.1) is 11.3 Å². The van der Waals surface area contributed by atoms with Gasteiger partial charge >= 0.3 is 11.9 Å². The molecule has 0 amide bonds. The minimum Gasteiger partial charge on any atom is -0.481 e. The molecule has 155 valence electrons. The fourth-order valence-electron chi connectivity index (χ4n) is 3.79. The smallest absolute Gasteiger partial charge is 0.310 e. The SMILES string of the molecule is C=C(CC(CC(=O)O)C(=O)OC1CC(C)(C)N([O])C(C)(C)C1)C(C)(C)CC. The quantitative estimate of drug-likeness (QED) is 0.497. The van der Waals surface area contributed by atoms with E-state index in [4.69, 9.17) is 4.74 Å². The first-order valence-corrected chi connectivity index (χ1v) is 9.70. The highest BCUT2D eigenvalue weighted by Crippen LogP contribution is 2.39. The van der Waals surface area contributed by atoms with Crippen molar-refractivity contribution in [2.24, 2.45) is 11.3 Å². The van der Waals surface area contributed by atoms with Crippen LogP contribution in [-0.4, -0.2) is 39.3 Å². The van der Waals surface area contributed by atoms with Gasteiger partial charge in [0.05, 0.1) is 12.3 Å². The van der Waals surface area contributed by atoms with Gasteiger partial charge in [0.2, 0.25) is 0 Å². The highest BCUT2D eigenvalue weighted by molar-refractivity contribution is 5.79. The molecule has 0 aliphatic carbocycles. The number of aliphatic carboxylic acids is 1. The lowest BCUT2D eigenvalue weighted by atomic mass is 9.77. The summed E-state index contributed by atoms with van der Waals surface area (Å²) in [5.74, 6) is -2.31. The lowest BCUT2D eigenvalue weighted by Crippen LogP contribution is -2.60. The van der Waals surface area contributed by atoms with Crippen LogP contribution >= 0.6 is 0 Å². The summed E-state index contributed by atoms with van der Waals surface area (Å²) < 4.78 is 5.71. The molecular formula is C21H36NO5. The summed E-state index contributed by atoms with van der Waals surface area (Å²) in [7, 11) is 0. The third kappa shape index (κ3) is 6.04. The second-order valence-corrected chi connectivity index (χ2v) is 9.73. The van der Waals surface area contributed by atoms with Gasteiger partial charge in [-0.05, 0) is 46.0 Å². The van der Waals surface area contributed by atoms with Gasteiger partial charge in [-0.1, -0.05) is 32.9 Å². The maximum atomic E-state index is 12.8. The number of carboxylic acids is 1. The molecule has 0 spiro atoms. The summed E-state index contributed by atoms with van der Waals surface area (Å²) in [6.07, 6.45) is 1.30. The van der Waals surface area contributed by atoms with Crippen LogP contribution in [0.3, 0.4) is 0 Å².